The van der Waals surface area contributed by atoms with Gasteiger partial charge in [-0.1, -0.05) is 30.3 Å². The third kappa shape index (κ3) is 3.07. The van der Waals surface area contributed by atoms with Crippen molar-refractivity contribution in [3.63, 3.8) is 0 Å². The van der Waals surface area contributed by atoms with E-state index < -0.39 is 30.3 Å². The van der Waals surface area contributed by atoms with Crippen molar-refractivity contribution >= 4 is 34.4 Å². The molecule has 2 aliphatic rings. The fourth-order valence-corrected chi connectivity index (χ4v) is 4.31. The van der Waals surface area contributed by atoms with Gasteiger partial charge in [0.1, 0.15) is 29.6 Å². The number of para-hydroxylation sites is 1. The maximum Gasteiger partial charge on any atom is 0.263 e. The van der Waals surface area contributed by atoms with Crippen LogP contribution in [0.25, 0.3) is 11.0 Å². The first-order chi connectivity index (χ1) is 16.1. The molecule has 0 N–H and O–H groups in total. The number of carbonyl (C=O) groups excluding carboxylic acids is 3. The second-order valence-electron chi connectivity index (χ2n) is 7.91. The lowest BCUT2D eigenvalue weighted by Gasteiger charge is -2.22. The van der Waals surface area contributed by atoms with Gasteiger partial charge in [-0.2, -0.15) is 5.10 Å². The number of hydrogen-bond donors (Lipinski definition) is 0. The number of hydrazone groups is 1. The van der Waals surface area contributed by atoms with Crippen LogP contribution in [0.2, 0.25) is 0 Å². The highest BCUT2D eigenvalue weighted by molar-refractivity contribution is 6.22. The van der Waals surface area contributed by atoms with Crippen LogP contribution >= 0.6 is 0 Å². The molecule has 3 amide bonds. The first kappa shape index (κ1) is 19.2. The van der Waals surface area contributed by atoms with E-state index in [1.807, 2.05) is 30.3 Å². The molecule has 1 unspecified atom stereocenters. The number of carbonyl (C=O) groups is 3. The molecular formula is C25H17N3O5. The lowest BCUT2D eigenvalue weighted by atomic mass is 10.1. The summed E-state index contributed by atoms with van der Waals surface area (Å²) in [6.07, 6.45) is 1.91. The van der Waals surface area contributed by atoms with E-state index in [9.17, 15) is 14.4 Å². The fourth-order valence-electron chi connectivity index (χ4n) is 4.31. The minimum Gasteiger partial charge on any atom is -0.467 e. The summed E-state index contributed by atoms with van der Waals surface area (Å²) in [5, 5.41) is 6.74. The van der Waals surface area contributed by atoms with E-state index in [1.54, 1.807) is 36.4 Å². The minimum absolute atomic E-state index is 0.297. The maximum atomic E-state index is 13.3. The molecule has 33 heavy (non-hydrogen) atoms. The van der Waals surface area contributed by atoms with Crippen LogP contribution in [-0.2, 0) is 4.79 Å². The third-order valence-electron chi connectivity index (χ3n) is 5.92. The van der Waals surface area contributed by atoms with E-state index in [0.29, 0.717) is 34.8 Å². The van der Waals surface area contributed by atoms with Crippen LogP contribution in [0.4, 0.5) is 0 Å². The Kier molecular flexibility index (Phi) is 4.26. The van der Waals surface area contributed by atoms with Gasteiger partial charge >= 0.3 is 0 Å². The lowest BCUT2D eigenvalue weighted by Crippen LogP contribution is -2.41. The smallest absolute Gasteiger partial charge is 0.263 e. The highest BCUT2D eigenvalue weighted by atomic mass is 16.3. The lowest BCUT2D eigenvalue weighted by molar-refractivity contribution is -0.133. The SMILES string of the molecule is O=C1c2ccccc2C(=O)N1CC(=O)N1N=C(c2cc3ccccc3o2)CC1c1ccco1. The summed E-state index contributed by atoms with van der Waals surface area (Å²) in [7, 11) is 0. The first-order valence-electron chi connectivity index (χ1n) is 10.5. The summed E-state index contributed by atoms with van der Waals surface area (Å²) in [6, 6.07) is 19.0. The Balaban J connectivity index is 1.32. The van der Waals surface area contributed by atoms with Crippen molar-refractivity contribution in [1.82, 2.24) is 9.91 Å². The molecule has 1 atom stereocenters. The molecule has 0 fully saturated rings. The molecule has 2 aromatic carbocycles. The van der Waals surface area contributed by atoms with Crippen molar-refractivity contribution in [1.29, 1.82) is 0 Å². The molecular weight excluding hydrogens is 422 g/mol. The van der Waals surface area contributed by atoms with E-state index in [0.717, 1.165) is 15.9 Å². The molecule has 0 aliphatic carbocycles. The largest absolute Gasteiger partial charge is 0.467 e. The van der Waals surface area contributed by atoms with E-state index in [-0.39, 0.29) is 0 Å². The van der Waals surface area contributed by atoms with Crippen molar-refractivity contribution in [2.75, 3.05) is 6.54 Å². The zero-order valence-electron chi connectivity index (χ0n) is 17.3. The molecule has 8 heteroatoms. The molecule has 6 rings (SSSR count). The zero-order valence-corrected chi connectivity index (χ0v) is 17.3. The number of amides is 3. The second kappa shape index (κ2) is 7.30. The van der Waals surface area contributed by atoms with E-state index in [1.165, 1.54) is 11.3 Å². The number of benzene rings is 2. The predicted octanol–water partition coefficient (Wildman–Crippen LogP) is 4.00. The molecule has 0 spiro atoms. The Morgan fingerprint density at radius 3 is 2.39 bits per heavy atom. The summed E-state index contributed by atoms with van der Waals surface area (Å²) in [5.41, 5.74) is 1.90. The van der Waals surface area contributed by atoms with Crippen molar-refractivity contribution in [3.8, 4) is 0 Å². The molecule has 4 heterocycles. The van der Waals surface area contributed by atoms with E-state index in [4.69, 9.17) is 8.83 Å². The van der Waals surface area contributed by atoms with Crippen LogP contribution in [0.5, 0.6) is 0 Å². The van der Waals surface area contributed by atoms with Crippen molar-refractivity contribution < 1.29 is 23.2 Å². The number of fused-ring (bicyclic) bond motifs is 2. The molecule has 4 aromatic rings. The van der Waals surface area contributed by atoms with Crippen LogP contribution < -0.4 is 0 Å². The number of rotatable bonds is 4. The molecule has 8 nitrogen and oxygen atoms in total. The van der Waals surface area contributed by atoms with Gasteiger partial charge in [-0.3, -0.25) is 19.3 Å². The first-order valence-corrected chi connectivity index (χ1v) is 10.5. The predicted molar refractivity (Wildman–Crippen MR) is 117 cm³/mol. The normalized spacial score (nSPS) is 17.7. The minimum atomic E-state index is -0.508. The van der Waals surface area contributed by atoms with Crippen LogP contribution in [0.15, 0.2) is 86.9 Å². The number of nitrogens with zero attached hydrogens (tertiary/aromatic N) is 3. The number of imide groups is 1. The average Bonchev–Trinajstić information content (AvgIpc) is 3.61. The van der Waals surface area contributed by atoms with Gasteiger partial charge in [0, 0.05) is 11.8 Å². The Morgan fingerprint density at radius 2 is 1.70 bits per heavy atom. The molecule has 2 aromatic heterocycles. The summed E-state index contributed by atoms with van der Waals surface area (Å²) in [4.78, 5) is 39.7. The molecule has 162 valence electrons. The average molecular weight is 439 g/mol. The standard InChI is InChI=1S/C25H17N3O5/c29-23(14-27-24(30)16-7-2-3-8-17(16)25(27)31)28-19(21-10-5-11-32-21)13-18(26-28)22-12-15-6-1-4-9-20(15)33-22/h1-12,19H,13-14H2. The van der Waals surface area contributed by atoms with Crippen molar-refractivity contribution in [2.45, 2.75) is 12.5 Å². The van der Waals surface area contributed by atoms with Gasteiger partial charge in [-0.25, -0.2) is 5.01 Å². The Labute approximate surface area is 187 Å². The summed E-state index contributed by atoms with van der Waals surface area (Å²) >= 11 is 0. The third-order valence-corrected chi connectivity index (χ3v) is 5.92. The zero-order chi connectivity index (χ0) is 22.5. The molecule has 2 aliphatic heterocycles. The van der Waals surface area contributed by atoms with Crippen molar-refractivity contribution in [3.05, 3.63) is 95.6 Å². The van der Waals surface area contributed by atoms with E-state index >= 15 is 0 Å². The number of hydrogen-bond acceptors (Lipinski definition) is 6. The van der Waals surface area contributed by atoms with Crippen LogP contribution in [-0.4, -0.2) is 39.9 Å². The Hall–Kier alpha value is -4.46. The van der Waals surface area contributed by atoms with Gasteiger partial charge in [-0.15, -0.1) is 0 Å². The highest BCUT2D eigenvalue weighted by Crippen LogP contribution is 2.35. The quantitative estimate of drug-likeness (QED) is 0.448. The second-order valence-corrected chi connectivity index (χ2v) is 7.91. The topological polar surface area (TPSA) is 96.3 Å². The number of furan rings is 2. The summed E-state index contributed by atoms with van der Waals surface area (Å²) in [5.74, 6) is -0.347. The van der Waals surface area contributed by atoms with Gasteiger partial charge in [-0.05, 0) is 36.4 Å². The Morgan fingerprint density at radius 1 is 0.970 bits per heavy atom. The monoisotopic (exact) mass is 439 g/mol. The highest BCUT2D eigenvalue weighted by Gasteiger charge is 2.41. The van der Waals surface area contributed by atoms with Crippen molar-refractivity contribution in [2.24, 2.45) is 5.10 Å². The van der Waals surface area contributed by atoms with Gasteiger partial charge in [0.15, 0.2) is 5.76 Å². The summed E-state index contributed by atoms with van der Waals surface area (Å²) in [6.45, 7) is -0.416. The van der Waals surface area contributed by atoms with E-state index in [2.05, 4.69) is 5.10 Å². The Bertz CT molecular complexity index is 1380. The molecule has 0 saturated heterocycles. The van der Waals surface area contributed by atoms with Gasteiger partial charge in [0.05, 0.1) is 17.4 Å². The van der Waals surface area contributed by atoms with Crippen LogP contribution in [0.1, 0.15) is 44.7 Å². The van der Waals surface area contributed by atoms with Crippen LogP contribution in [0.3, 0.4) is 0 Å². The summed E-state index contributed by atoms with van der Waals surface area (Å²) < 4.78 is 11.5. The maximum absolute atomic E-state index is 13.3. The van der Waals surface area contributed by atoms with Gasteiger partial charge < -0.3 is 8.83 Å². The molecule has 0 saturated carbocycles. The molecule has 0 radical (unpaired) electrons. The fraction of sp³-hybridized carbons (Fsp3) is 0.120. The van der Waals surface area contributed by atoms with Gasteiger partial charge in [0.2, 0.25) is 0 Å². The molecule has 0 bridgehead atoms. The van der Waals surface area contributed by atoms with Crippen LogP contribution in [0, 0.1) is 0 Å². The van der Waals surface area contributed by atoms with Gasteiger partial charge in [0.25, 0.3) is 17.7 Å².